The quantitative estimate of drug-likeness (QED) is 0.805. The topological polar surface area (TPSA) is 35.6 Å². The average Bonchev–Trinajstić information content (AvgIpc) is 3.35. The summed E-state index contributed by atoms with van der Waals surface area (Å²) in [5.41, 5.74) is 3.41. The van der Waals surface area contributed by atoms with Gasteiger partial charge in [0.2, 0.25) is 5.91 Å². The average molecular weight is 368 g/mol. The summed E-state index contributed by atoms with van der Waals surface area (Å²) in [5.74, 6) is 0.944. The van der Waals surface area contributed by atoms with Crippen molar-refractivity contribution in [3.05, 3.63) is 41.5 Å². The number of hydrogen-bond donors (Lipinski definition) is 1. The first-order valence-corrected chi connectivity index (χ1v) is 10.4. The van der Waals surface area contributed by atoms with Gasteiger partial charge in [0.1, 0.15) is 0 Å². The highest BCUT2D eigenvalue weighted by Gasteiger charge is 2.54. The van der Waals surface area contributed by atoms with E-state index in [4.69, 9.17) is 0 Å². The highest BCUT2D eigenvalue weighted by molar-refractivity contribution is 5.77. The van der Waals surface area contributed by atoms with E-state index in [-0.39, 0.29) is 5.91 Å². The lowest BCUT2D eigenvalue weighted by molar-refractivity contribution is -0.137. The molecule has 2 atom stereocenters. The predicted molar refractivity (Wildman–Crippen MR) is 110 cm³/mol. The Morgan fingerprint density at radius 1 is 1.26 bits per heavy atom. The summed E-state index contributed by atoms with van der Waals surface area (Å²) in [6, 6.07) is 12.1. The van der Waals surface area contributed by atoms with Crippen molar-refractivity contribution in [1.82, 2.24) is 15.1 Å². The Labute approximate surface area is 163 Å². The van der Waals surface area contributed by atoms with Crippen LogP contribution >= 0.6 is 0 Å². The lowest BCUT2D eigenvalue weighted by Crippen LogP contribution is -2.67. The molecule has 146 valence electrons. The SMILES string of the molecule is CC/C(=C\c1ccccc1)[C@H]1C[C@@H]1NC1CC2(C1)CN(CC(=O)N(C)C)C2. The molecule has 4 rings (SSSR count). The number of carbonyl (C=O) groups is 1. The van der Waals surface area contributed by atoms with Crippen LogP contribution in [-0.2, 0) is 4.79 Å². The minimum atomic E-state index is 0.219. The summed E-state index contributed by atoms with van der Waals surface area (Å²) in [5, 5.41) is 3.90. The molecular formula is C23H33N3O. The lowest BCUT2D eigenvalue weighted by Gasteiger charge is -2.59. The number of benzene rings is 1. The van der Waals surface area contributed by atoms with Crippen molar-refractivity contribution in [2.75, 3.05) is 33.7 Å². The van der Waals surface area contributed by atoms with Gasteiger partial charge in [-0.15, -0.1) is 0 Å². The highest BCUT2D eigenvalue weighted by Crippen LogP contribution is 2.50. The number of nitrogens with one attached hydrogen (secondary N) is 1. The fraction of sp³-hybridized carbons (Fsp3) is 0.609. The maximum atomic E-state index is 11.8. The van der Waals surface area contributed by atoms with E-state index in [0.29, 0.717) is 24.0 Å². The van der Waals surface area contributed by atoms with Gasteiger partial charge in [-0.2, -0.15) is 0 Å². The van der Waals surface area contributed by atoms with Crippen molar-refractivity contribution in [2.45, 2.75) is 44.7 Å². The molecule has 4 nitrogen and oxygen atoms in total. The first kappa shape index (κ1) is 18.7. The molecule has 27 heavy (non-hydrogen) atoms. The third kappa shape index (κ3) is 4.12. The number of likely N-dealkylation sites (tertiary alicyclic amines) is 1. The molecule has 3 aliphatic rings. The Hall–Kier alpha value is -1.65. The van der Waals surface area contributed by atoms with Crippen LogP contribution in [-0.4, -0.2) is 61.5 Å². The van der Waals surface area contributed by atoms with Crippen LogP contribution in [0.2, 0.25) is 0 Å². The van der Waals surface area contributed by atoms with Gasteiger partial charge in [-0.25, -0.2) is 0 Å². The molecule has 4 heteroatoms. The molecule has 3 fully saturated rings. The van der Waals surface area contributed by atoms with E-state index in [1.165, 1.54) is 24.8 Å². The Morgan fingerprint density at radius 2 is 1.96 bits per heavy atom. The maximum absolute atomic E-state index is 11.8. The van der Waals surface area contributed by atoms with Gasteiger partial charge >= 0.3 is 0 Å². The molecule has 1 spiro atoms. The van der Waals surface area contributed by atoms with Gasteiger partial charge in [-0.3, -0.25) is 9.69 Å². The minimum absolute atomic E-state index is 0.219. The lowest BCUT2D eigenvalue weighted by atomic mass is 9.60. The molecule has 0 aromatic heterocycles. The van der Waals surface area contributed by atoms with E-state index in [1.54, 1.807) is 10.5 Å². The van der Waals surface area contributed by atoms with Crippen molar-refractivity contribution < 1.29 is 4.79 Å². The van der Waals surface area contributed by atoms with Gasteiger partial charge in [0, 0.05) is 39.3 Å². The summed E-state index contributed by atoms with van der Waals surface area (Å²) in [7, 11) is 3.67. The third-order valence-electron chi connectivity index (χ3n) is 6.61. The van der Waals surface area contributed by atoms with Crippen LogP contribution in [0.5, 0.6) is 0 Å². The normalized spacial score (nSPS) is 27.1. The van der Waals surface area contributed by atoms with E-state index in [9.17, 15) is 4.79 Å². The van der Waals surface area contributed by atoms with E-state index >= 15 is 0 Å². The molecule has 1 saturated heterocycles. The second kappa shape index (κ2) is 7.40. The Bertz CT molecular complexity index is 698. The van der Waals surface area contributed by atoms with Gasteiger partial charge in [-0.1, -0.05) is 48.9 Å². The number of rotatable bonds is 7. The Morgan fingerprint density at radius 3 is 2.59 bits per heavy atom. The summed E-state index contributed by atoms with van der Waals surface area (Å²) < 4.78 is 0. The summed E-state index contributed by atoms with van der Waals surface area (Å²) in [6.07, 6.45) is 7.39. The molecule has 1 N–H and O–H groups in total. The second-order valence-corrected chi connectivity index (χ2v) is 9.14. The Kier molecular flexibility index (Phi) is 5.13. The summed E-state index contributed by atoms with van der Waals surface area (Å²) in [6.45, 7) is 5.07. The number of amides is 1. The molecule has 0 unspecified atom stereocenters. The van der Waals surface area contributed by atoms with Crippen LogP contribution in [0.3, 0.4) is 0 Å². The van der Waals surface area contributed by atoms with E-state index in [2.05, 4.69) is 53.5 Å². The zero-order valence-electron chi connectivity index (χ0n) is 16.9. The van der Waals surface area contributed by atoms with Crippen LogP contribution in [0, 0.1) is 11.3 Å². The molecule has 0 radical (unpaired) electrons. The van der Waals surface area contributed by atoms with E-state index in [0.717, 1.165) is 25.4 Å². The van der Waals surface area contributed by atoms with Crippen molar-refractivity contribution in [3.63, 3.8) is 0 Å². The zero-order valence-corrected chi connectivity index (χ0v) is 16.9. The molecule has 0 bridgehead atoms. The molecule has 2 aliphatic carbocycles. The molecule has 1 aromatic carbocycles. The number of hydrogen-bond acceptors (Lipinski definition) is 3. The zero-order chi connectivity index (χ0) is 19.0. The molecule has 1 aromatic rings. The maximum Gasteiger partial charge on any atom is 0.236 e. The van der Waals surface area contributed by atoms with Crippen LogP contribution in [0.25, 0.3) is 6.08 Å². The van der Waals surface area contributed by atoms with Crippen LogP contribution < -0.4 is 5.32 Å². The van der Waals surface area contributed by atoms with Crippen LogP contribution in [0.4, 0.5) is 0 Å². The minimum Gasteiger partial charge on any atom is -0.348 e. The standard InChI is InChI=1S/C23H33N3O/c1-4-18(10-17-8-6-5-7-9-17)20-11-21(20)24-19-12-23(13-19)15-26(16-23)14-22(27)25(2)3/h5-10,19-21,24H,4,11-16H2,1-3H3/b18-10+/t20-,21+/m1/s1. The number of likely N-dealkylation sites (N-methyl/N-ethyl adjacent to an activating group) is 1. The van der Waals surface area contributed by atoms with E-state index in [1.807, 2.05) is 14.1 Å². The number of carbonyl (C=O) groups excluding carboxylic acids is 1. The molecule has 1 aliphatic heterocycles. The van der Waals surface area contributed by atoms with Gasteiger partial charge in [0.15, 0.2) is 0 Å². The van der Waals surface area contributed by atoms with Crippen molar-refractivity contribution in [1.29, 1.82) is 0 Å². The van der Waals surface area contributed by atoms with Crippen LogP contribution in [0.1, 0.15) is 38.2 Å². The summed E-state index contributed by atoms with van der Waals surface area (Å²) in [4.78, 5) is 15.8. The molecule has 2 saturated carbocycles. The smallest absolute Gasteiger partial charge is 0.236 e. The fourth-order valence-corrected chi connectivity index (χ4v) is 5.03. The fourth-order valence-electron chi connectivity index (χ4n) is 5.03. The number of nitrogens with zero attached hydrogens (tertiary/aromatic N) is 2. The van der Waals surface area contributed by atoms with Crippen molar-refractivity contribution in [2.24, 2.45) is 11.3 Å². The third-order valence-corrected chi connectivity index (χ3v) is 6.61. The molecular weight excluding hydrogens is 334 g/mol. The van der Waals surface area contributed by atoms with Gasteiger partial charge < -0.3 is 10.2 Å². The highest BCUT2D eigenvalue weighted by atomic mass is 16.2. The largest absolute Gasteiger partial charge is 0.348 e. The molecule has 1 heterocycles. The van der Waals surface area contributed by atoms with Gasteiger partial charge in [-0.05, 0) is 42.6 Å². The first-order chi connectivity index (χ1) is 13.0. The van der Waals surface area contributed by atoms with Crippen molar-refractivity contribution in [3.8, 4) is 0 Å². The van der Waals surface area contributed by atoms with Crippen LogP contribution in [0.15, 0.2) is 35.9 Å². The van der Waals surface area contributed by atoms with E-state index < -0.39 is 0 Å². The van der Waals surface area contributed by atoms with Gasteiger partial charge in [0.05, 0.1) is 6.54 Å². The Balaban J connectivity index is 1.20. The van der Waals surface area contributed by atoms with Gasteiger partial charge in [0.25, 0.3) is 0 Å². The second-order valence-electron chi connectivity index (χ2n) is 9.14. The summed E-state index contributed by atoms with van der Waals surface area (Å²) >= 11 is 0. The molecule has 1 amide bonds. The predicted octanol–water partition coefficient (Wildman–Crippen LogP) is 3.01. The van der Waals surface area contributed by atoms with Crippen molar-refractivity contribution >= 4 is 12.0 Å². The monoisotopic (exact) mass is 367 g/mol. The first-order valence-electron chi connectivity index (χ1n) is 10.4.